The maximum absolute atomic E-state index is 10.8. The maximum Gasteiger partial charge on any atom is 0.137 e. The third kappa shape index (κ3) is 3.20. The average Bonchev–Trinajstić information content (AvgIpc) is 2.97. The second-order valence-corrected chi connectivity index (χ2v) is 6.85. The second-order valence-electron chi connectivity index (χ2n) is 6.85. The molecule has 1 saturated heterocycles. The van der Waals surface area contributed by atoms with E-state index in [-0.39, 0.29) is 0 Å². The standard InChI is InChI=1S/C15H26N4O/c1-12-4-6-15(20,7-5-12)10-19-8-2-3-13(9-19)14-16-11-17-18-14/h11-13,20H,2-10H2,1H3,(H,16,17,18). The first kappa shape index (κ1) is 14.0. The number of hydrogen-bond acceptors (Lipinski definition) is 4. The van der Waals surface area contributed by atoms with E-state index in [2.05, 4.69) is 27.0 Å². The molecule has 1 aromatic rings. The molecule has 3 rings (SSSR count). The molecule has 0 aromatic carbocycles. The summed E-state index contributed by atoms with van der Waals surface area (Å²) in [5, 5.41) is 17.7. The van der Waals surface area contributed by atoms with Crippen LogP contribution >= 0.6 is 0 Å². The molecular formula is C15H26N4O. The van der Waals surface area contributed by atoms with Crippen LogP contribution in [0.4, 0.5) is 0 Å². The Morgan fingerprint density at radius 2 is 2.20 bits per heavy atom. The summed E-state index contributed by atoms with van der Waals surface area (Å²) >= 11 is 0. The monoisotopic (exact) mass is 278 g/mol. The van der Waals surface area contributed by atoms with Gasteiger partial charge in [0, 0.05) is 19.0 Å². The Morgan fingerprint density at radius 1 is 1.40 bits per heavy atom. The van der Waals surface area contributed by atoms with Crippen molar-refractivity contribution in [2.75, 3.05) is 19.6 Å². The minimum atomic E-state index is -0.462. The van der Waals surface area contributed by atoms with Crippen LogP contribution in [0.5, 0.6) is 0 Å². The van der Waals surface area contributed by atoms with E-state index >= 15 is 0 Å². The smallest absolute Gasteiger partial charge is 0.137 e. The first-order valence-corrected chi connectivity index (χ1v) is 7.95. The second kappa shape index (κ2) is 5.82. The number of aliphatic hydroxyl groups is 1. The van der Waals surface area contributed by atoms with Crippen LogP contribution in [0.15, 0.2) is 6.33 Å². The molecule has 2 heterocycles. The Balaban J connectivity index is 1.57. The summed E-state index contributed by atoms with van der Waals surface area (Å²) in [7, 11) is 0. The van der Waals surface area contributed by atoms with Gasteiger partial charge in [0.25, 0.3) is 0 Å². The van der Waals surface area contributed by atoms with Gasteiger partial charge >= 0.3 is 0 Å². The van der Waals surface area contributed by atoms with Gasteiger partial charge in [-0.1, -0.05) is 6.92 Å². The number of nitrogens with one attached hydrogen (secondary N) is 1. The van der Waals surface area contributed by atoms with E-state index in [1.54, 1.807) is 6.33 Å². The minimum absolute atomic E-state index is 0.442. The van der Waals surface area contributed by atoms with Crippen molar-refractivity contribution in [3.8, 4) is 0 Å². The molecule has 1 atom stereocenters. The number of rotatable bonds is 3. The van der Waals surface area contributed by atoms with Crippen molar-refractivity contribution in [2.45, 2.75) is 57.0 Å². The predicted octanol–water partition coefficient (Wildman–Crippen LogP) is 1.93. The first-order chi connectivity index (χ1) is 9.65. The third-order valence-electron chi connectivity index (χ3n) is 5.05. The highest BCUT2D eigenvalue weighted by atomic mass is 16.3. The third-order valence-corrected chi connectivity index (χ3v) is 5.05. The van der Waals surface area contributed by atoms with E-state index in [0.29, 0.717) is 5.92 Å². The van der Waals surface area contributed by atoms with E-state index in [9.17, 15) is 5.11 Å². The lowest BCUT2D eigenvalue weighted by Gasteiger charge is -2.41. The number of piperidine rings is 1. The molecule has 1 aromatic heterocycles. The predicted molar refractivity (Wildman–Crippen MR) is 77.4 cm³/mol. The lowest BCUT2D eigenvalue weighted by atomic mass is 9.79. The number of H-pyrrole nitrogens is 1. The fourth-order valence-electron chi connectivity index (χ4n) is 3.71. The summed E-state index contributed by atoms with van der Waals surface area (Å²) in [4.78, 5) is 6.72. The Labute approximate surface area is 120 Å². The molecule has 20 heavy (non-hydrogen) atoms. The summed E-state index contributed by atoms with van der Waals surface area (Å²) in [5.74, 6) is 2.22. The highest BCUT2D eigenvalue weighted by Gasteiger charge is 2.35. The summed E-state index contributed by atoms with van der Waals surface area (Å²) in [6.07, 6.45) is 8.17. The molecule has 5 nitrogen and oxygen atoms in total. The molecule has 1 saturated carbocycles. The van der Waals surface area contributed by atoms with Gasteiger partial charge in [0.15, 0.2) is 0 Å². The number of hydrogen-bond donors (Lipinski definition) is 2. The fourth-order valence-corrected chi connectivity index (χ4v) is 3.71. The summed E-state index contributed by atoms with van der Waals surface area (Å²) in [6, 6.07) is 0. The van der Waals surface area contributed by atoms with Crippen molar-refractivity contribution in [1.29, 1.82) is 0 Å². The van der Waals surface area contributed by atoms with E-state index in [4.69, 9.17) is 0 Å². The molecule has 0 bridgehead atoms. The van der Waals surface area contributed by atoms with Crippen LogP contribution in [0.3, 0.4) is 0 Å². The maximum atomic E-state index is 10.8. The van der Waals surface area contributed by atoms with Gasteiger partial charge in [-0.05, 0) is 51.0 Å². The number of nitrogens with zero attached hydrogens (tertiary/aromatic N) is 3. The zero-order valence-electron chi connectivity index (χ0n) is 12.4. The molecule has 2 aliphatic rings. The van der Waals surface area contributed by atoms with Crippen molar-refractivity contribution >= 4 is 0 Å². The zero-order chi connectivity index (χ0) is 14.0. The quantitative estimate of drug-likeness (QED) is 0.886. The van der Waals surface area contributed by atoms with Crippen LogP contribution in [-0.4, -0.2) is 50.4 Å². The molecule has 2 fully saturated rings. The molecule has 1 unspecified atom stereocenters. The van der Waals surface area contributed by atoms with Crippen LogP contribution in [0.25, 0.3) is 0 Å². The molecule has 1 aliphatic heterocycles. The first-order valence-electron chi connectivity index (χ1n) is 7.95. The molecule has 0 spiro atoms. The van der Waals surface area contributed by atoms with Gasteiger partial charge in [-0.3, -0.25) is 10.00 Å². The van der Waals surface area contributed by atoms with Gasteiger partial charge in [-0.2, -0.15) is 5.10 Å². The summed E-state index contributed by atoms with van der Waals surface area (Å²) in [5.41, 5.74) is -0.462. The SMILES string of the molecule is CC1CCC(O)(CN2CCCC(c3ncn[nH]3)C2)CC1. The van der Waals surface area contributed by atoms with E-state index in [1.807, 2.05) is 0 Å². The van der Waals surface area contributed by atoms with Gasteiger partial charge in [-0.25, -0.2) is 4.98 Å². The van der Waals surface area contributed by atoms with Crippen molar-refractivity contribution in [2.24, 2.45) is 5.92 Å². The molecule has 112 valence electrons. The van der Waals surface area contributed by atoms with Gasteiger partial charge in [0.1, 0.15) is 12.2 Å². The fraction of sp³-hybridized carbons (Fsp3) is 0.867. The van der Waals surface area contributed by atoms with Crippen molar-refractivity contribution < 1.29 is 5.11 Å². The Bertz CT molecular complexity index is 412. The van der Waals surface area contributed by atoms with E-state index < -0.39 is 5.60 Å². The molecule has 2 N–H and O–H groups in total. The largest absolute Gasteiger partial charge is 0.389 e. The summed E-state index contributed by atoms with van der Waals surface area (Å²) in [6.45, 7) is 5.21. The molecule has 5 heteroatoms. The molecule has 0 amide bonds. The highest BCUT2D eigenvalue weighted by Crippen LogP contribution is 2.34. The number of likely N-dealkylation sites (tertiary alicyclic amines) is 1. The van der Waals surface area contributed by atoms with E-state index in [0.717, 1.165) is 57.1 Å². The molecule has 0 radical (unpaired) electrons. The van der Waals surface area contributed by atoms with Crippen LogP contribution in [0, 0.1) is 5.92 Å². The average molecular weight is 278 g/mol. The minimum Gasteiger partial charge on any atom is -0.389 e. The van der Waals surface area contributed by atoms with Gasteiger partial charge in [0.2, 0.25) is 0 Å². The Morgan fingerprint density at radius 3 is 2.90 bits per heavy atom. The van der Waals surface area contributed by atoms with Crippen molar-refractivity contribution in [3.05, 3.63) is 12.2 Å². The Kier molecular flexibility index (Phi) is 4.08. The van der Waals surface area contributed by atoms with Crippen LogP contribution < -0.4 is 0 Å². The van der Waals surface area contributed by atoms with Crippen LogP contribution in [0.1, 0.15) is 57.2 Å². The normalized spacial score (nSPS) is 36.1. The molecular weight excluding hydrogens is 252 g/mol. The number of aromatic nitrogens is 3. The number of aromatic amines is 1. The van der Waals surface area contributed by atoms with Gasteiger partial charge in [0.05, 0.1) is 5.60 Å². The van der Waals surface area contributed by atoms with E-state index in [1.165, 1.54) is 12.8 Å². The van der Waals surface area contributed by atoms with Crippen LogP contribution in [0.2, 0.25) is 0 Å². The number of β-amino-alcohol motifs (C(OH)–C–C–N with tert-alkyl or cyclic N) is 1. The topological polar surface area (TPSA) is 65.0 Å². The highest BCUT2D eigenvalue weighted by molar-refractivity contribution is 4.98. The molecule has 1 aliphatic carbocycles. The zero-order valence-corrected chi connectivity index (χ0v) is 12.4. The summed E-state index contributed by atoms with van der Waals surface area (Å²) < 4.78 is 0. The van der Waals surface area contributed by atoms with Crippen molar-refractivity contribution in [1.82, 2.24) is 20.1 Å². The lowest BCUT2D eigenvalue weighted by molar-refractivity contribution is -0.0399. The van der Waals surface area contributed by atoms with Crippen LogP contribution in [-0.2, 0) is 0 Å². The van der Waals surface area contributed by atoms with Crippen molar-refractivity contribution in [3.63, 3.8) is 0 Å². The van der Waals surface area contributed by atoms with Gasteiger partial charge in [-0.15, -0.1) is 0 Å². The Hall–Kier alpha value is -0.940. The van der Waals surface area contributed by atoms with Gasteiger partial charge < -0.3 is 5.11 Å². The lowest BCUT2D eigenvalue weighted by Crippen LogP contribution is -2.48.